The Hall–Kier alpha value is -1.05. The predicted octanol–water partition coefficient (Wildman–Crippen LogP) is 0.590. The van der Waals surface area contributed by atoms with Crippen LogP contribution in [0.5, 0.6) is 0 Å². The van der Waals surface area contributed by atoms with Gasteiger partial charge in [0.05, 0.1) is 4.90 Å². The molecule has 1 rings (SSSR count). The molecular weight excluding hydrogens is 238 g/mol. The van der Waals surface area contributed by atoms with Crippen LogP contribution in [0, 0.1) is 11.6 Å². The second-order valence-corrected chi connectivity index (χ2v) is 5.17. The van der Waals surface area contributed by atoms with Crippen LogP contribution in [0.4, 0.5) is 8.78 Å². The van der Waals surface area contributed by atoms with Crippen LogP contribution in [-0.2, 0) is 10.0 Å². The Balaban J connectivity index is 2.94. The van der Waals surface area contributed by atoms with E-state index in [2.05, 4.69) is 4.72 Å². The fourth-order valence-corrected chi connectivity index (χ4v) is 2.12. The lowest BCUT2D eigenvalue weighted by molar-refractivity contribution is 0.504. The molecule has 1 aromatic carbocycles. The number of benzene rings is 1. The second-order valence-electron chi connectivity index (χ2n) is 3.41. The molecule has 0 aromatic heterocycles. The molecule has 0 radical (unpaired) electrons. The van der Waals surface area contributed by atoms with Gasteiger partial charge < -0.3 is 5.73 Å². The van der Waals surface area contributed by atoms with E-state index in [0.717, 1.165) is 12.1 Å². The first kappa shape index (κ1) is 13.0. The highest BCUT2D eigenvalue weighted by Crippen LogP contribution is 2.13. The number of sulfonamides is 1. The summed E-state index contributed by atoms with van der Waals surface area (Å²) in [6.45, 7) is 1.65. The number of hydrogen-bond acceptors (Lipinski definition) is 3. The molecule has 0 amide bonds. The first-order valence-corrected chi connectivity index (χ1v) is 6.01. The molecule has 0 fully saturated rings. The van der Waals surface area contributed by atoms with E-state index < -0.39 is 21.7 Å². The van der Waals surface area contributed by atoms with Crippen molar-refractivity contribution in [2.45, 2.75) is 17.9 Å². The van der Waals surface area contributed by atoms with E-state index in [9.17, 15) is 17.2 Å². The summed E-state index contributed by atoms with van der Waals surface area (Å²) >= 11 is 0. The van der Waals surface area contributed by atoms with E-state index >= 15 is 0 Å². The van der Waals surface area contributed by atoms with Crippen molar-refractivity contribution in [3.8, 4) is 0 Å². The van der Waals surface area contributed by atoms with Gasteiger partial charge in [-0.05, 0) is 25.1 Å². The molecule has 0 bridgehead atoms. The number of rotatable bonds is 4. The molecule has 0 saturated heterocycles. The van der Waals surface area contributed by atoms with Crippen LogP contribution in [0.1, 0.15) is 6.92 Å². The Morgan fingerprint density at radius 1 is 1.38 bits per heavy atom. The molecule has 0 spiro atoms. The molecule has 0 saturated carbocycles. The van der Waals surface area contributed by atoms with Crippen molar-refractivity contribution in [1.29, 1.82) is 0 Å². The van der Waals surface area contributed by atoms with E-state index in [4.69, 9.17) is 5.73 Å². The van der Waals surface area contributed by atoms with Crippen molar-refractivity contribution in [2.24, 2.45) is 5.73 Å². The quantitative estimate of drug-likeness (QED) is 0.821. The summed E-state index contributed by atoms with van der Waals surface area (Å²) < 4.78 is 50.7. The lowest BCUT2D eigenvalue weighted by atomic mass is 10.3. The van der Waals surface area contributed by atoms with Crippen molar-refractivity contribution >= 4 is 10.0 Å². The maximum atomic E-state index is 12.8. The van der Waals surface area contributed by atoms with Gasteiger partial charge in [0.1, 0.15) is 0 Å². The van der Waals surface area contributed by atoms with E-state index in [1.165, 1.54) is 0 Å². The van der Waals surface area contributed by atoms with Gasteiger partial charge in [-0.2, -0.15) is 0 Å². The molecule has 4 nitrogen and oxygen atoms in total. The highest BCUT2D eigenvalue weighted by molar-refractivity contribution is 7.89. The van der Waals surface area contributed by atoms with Gasteiger partial charge in [-0.3, -0.25) is 0 Å². The van der Waals surface area contributed by atoms with Crippen molar-refractivity contribution in [1.82, 2.24) is 4.72 Å². The normalized spacial score (nSPS) is 13.8. The van der Waals surface area contributed by atoms with Gasteiger partial charge in [-0.25, -0.2) is 21.9 Å². The van der Waals surface area contributed by atoms with Crippen LogP contribution >= 0.6 is 0 Å². The van der Waals surface area contributed by atoms with Gasteiger partial charge in [0.25, 0.3) is 0 Å². The maximum absolute atomic E-state index is 12.8. The summed E-state index contributed by atoms with van der Waals surface area (Å²) in [5, 5.41) is 0. The summed E-state index contributed by atoms with van der Waals surface area (Å²) in [7, 11) is -3.83. The van der Waals surface area contributed by atoms with Gasteiger partial charge in [0.15, 0.2) is 11.6 Å². The van der Waals surface area contributed by atoms with Gasteiger partial charge in [0, 0.05) is 12.6 Å². The van der Waals surface area contributed by atoms with Crippen LogP contribution in [-0.4, -0.2) is 21.0 Å². The van der Waals surface area contributed by atoms with E-state index in [-0.39, 0.29) is 17.5 Å². The SMILES string of the molecule is CC(N)CNS(=O)(=O)c1ccc(F)c(F)c1. The standard InChI is InChI=1S/C9H12F2N2O2S/c1-6(12)5-13-16(14,15)7-2-3-8(10)9(11)4-7/h2-4,6,13H,5,12H2,1H3. The van der Waals surface area contributed by atoms with Crippen molar-refractivity contribution in [3.05, 3.63) is 29.8 Å². The number of nitrogens with two attached hydrogens (primary N) is 1. The highest BCUT2D eigenvalue weighted by Gasteiger charge is 2.16. The zero-order valence-corrected chi connectivity index (χ0v) is 9.39. The monoisotopic (exact) mass is 250 g/mol. The summed E-state index contributed by atoms with van der Waals surface area (Å²) in [4.78, 5) is -0.327. The third-order valence-corrected chi connectivity index (χ3v) is 3.22. The summed E-state index contributed by atoms with van der Waals surface area (Å²) in [6.07, 6.45) is 0. The predicted molar refractivity (Wildman–Crippen MR) is 55.2 cm³/mol. The van der Waals surface area contributed by atoms with E-state index in [1.54, 1.807) is 6.92 Å². The fraction of sp³-hybridized carbons (Fsp3) is 0.333. The number of halogens is 2. The maximum Gasteiger partial charge on any atom is 0.240 e. The lowest BCUT2D eigenvalue weighted by Crippen LogP contribution is -2.35. The van der Waals surface area contributed by atoms with Gasteiger partial charge >= 0.3 is 0 Å². The third-order valence-electron chi connectivity index (χ3n) is 1.80. The molecule has 16 heavy (non-hydrogen) atoms. The molecule has 0 aliphatic heterocycles. The average molecular weight is 250 g/mol. The largest absolute Gasteiger partial charge is 0.327 e. The van der Waals surface area contributed by atoms with Crippen LogP contribution in [0.25, 0.3) is 0 Å². The minimum atomic E-state index is -3.83. The van der Waals surface area contributed by atoms with Crippen molar-refractivity contribution < 1.29 is 17.2 Å². The molecule has 1 atom stereocenters. The molecule has 7 heteroatoms. The summed E-state index contributed by atoms with van der Waals surface area (Å²) in [6, 6.07) is 2.01. The molecule has 1 unspecified atom stereocenters. The molecular formula is C9H12F2N2O2S. The topological polar surface area (TPSA) is 72.2 Å². The zero-order valence-electron chi connectivity index (χ0n) is 8.57. The van der Waals surface area contributed by atoms with Gasteiger partial charge in [0.2, 0.25) is 10.0 Å². The Labute approximate surface area is 92.5 Å². The smallest absolute Gasteiger partial charge is 0.240 e. The van der Waals surface area contributed by atoms with Crippen molar-refractivity contribution in [3.63, 3.8) is 0 Å². The molecule has 0 aliphatic rings. The van der Waals surface area contributed by atoms with Gasteiger partial charge in [-0.1, -0.05) is 0 Å². The lowest BCUT2D eigenvalue weighted by Gasteiger charge is -2.08. The van der Waals surface area contributed by atoms with Crippen LogP contribution in [0.3, 0.4) is 0 Å². The molecule has 0 heterocycles. The second kappa shape index (κ2) is 4.86. The summed E-state index contributed by atoms with van der Waals surface area (Å²) in [5.41, 5.74) is 5.37. The Kier molecular flexibility index (Phi) is 3.95. The van der Waals surface area contributed by atoms with Crippen LogP contribution < -0.4 is 10.5 Å². The van der Waals surface area contributed by atoms with Crippen molar-refractivity contribution in [2.75, 3.05) is 6.54 Å². The molecule has 0 aliphatic carbocycles. The zero-order chi connectivity index (χ0) is 12.3. The Bertz CT molecular complexity index is 474. The minimum Gasteiger partial charge on any atom is -0.327 e. The first-order chi connectivity index (χ1) is 7.33. The third kappa shape index (κ3) is 3.22. The fourth-order valence-electron chi connectivity index (χ4n) is 0.968. The van der Waals surface area contributed by atoms with Gasteiger partial charge in [-0.15, -0.1) is 0 Å². The highest BCUT2D eigenvalue weighted by atomic mass is 32.2. The van der Waals surface area contributed by atoms with Crippen LogP contribution in [0.15, 0.2) is 23.1 Å². The first-order valence-electron chi connectivity index (χ1n) is 4.53. The Morgan fingerprint density at radius 3 is 2.50 bits per heavy atom. The number of hydrogen-bond donors (Lipinski definition) is 2. The Morgan fingerprint density at radius 2 is 2.00 bits per heavy atom. The minimum absolute atomic E-state index is 0.0291. The molecule has 3 N–H and O–H groups in total. The van der Waals surface area contributed by atoms with E-state index in [0.29, 0.717) is 6.07 Å². The van der Waals surface area contributed by atoms with E-state index in [1.807, 2.05) is 0 Å². The average Bonchev–Trinajstić information content (AvgIpc) is 2.19. The number of nitrogens with one attached hydrogen (secondary N) is 1. The molecule has 1 aromatic rings. The molecule has 90 valence electrons. The van der Waals surface area contributed by atoms with Crippen LogP contribution in [0.2, 0.25) is 0 Å². The summed E-state index contributed by atoms with van der Waals surface area (Å²) in [5.74, 6) is -2.30.